The van der Waals surface area contributed by atoms with Gasteiger partial charge in [0, 0.05) is 23.5 Å². The van der Waals surface area contributed by atoms with Crippen LogP contribution in [0.25, 0.3) is 27.9 Å². The first-order chi connectivity index (χ1) is 16.7. The topological polar surface area (TPSA) is 98.9 Å². The minimum atomic E-state index is -2.47. The summed E-state index contributed by atoms with van der Waals surface area (Å²) in [5.74, 6) is 1.62. The maximum Gasteiger partial charge on any atom is 0.256 e. The molecule has 1 saturated carbocycles. The number of nitrogens with one attached hydrogen (secondary N) is 1. The zero-order valence-electron chi connectivity index (χ0n) is 20.4. The highest BCUT2D eigenvalue weighted by Crippen LogP contribution is 2.26. The Bertz CT molecular complexity index is 1320. The van der Waals surface area contributed by atoms with E-state index in [1.165, 1.54) is 30.3 Å². The van der Waals surface area contributed by atoms with E-state index in [9.17, 15) is 8.78 Å². The standard InChI is InChI=1S/C15H13F2N7.C10H19N/c1-8-20-11-3-2-10(21-14(11)23(8)7-13(16)17)9-4-5-24-12(9)6-19-15(18)22-24;1-8(2)11-10-6-4-9(3)5-7-10/h2-6,13H,7H2,1H3,(H2,18,22);9-11H,1,4-7H2,2-3H3. The fourth-order valence-corrected chi connectivity index (χ4v) is 4.50. The summed E-state index contributed by atoms with van der Waals surface area (Å²) in [7, 11) is 0. The molecule has 4 heterocycles. The molecule has 0 bridgehead atoms. The predicted molar refractivity (Wildman–Crippen MR) is 134 cm³/mol. The number of alkyl halides is 2. The molecule has 8 nitrogen and oxygen atoms in total. The van der Waals surface area contributed by atoms with Gasteiger partial charge in [-0.05, 0) is 63.6 Å². The van der Waals surface area contributed by atoms with Gasteiger partial charge in [-0.1, -0.05) is 13.5 Å². The third-order valence-corrected chi connectivity index (χ3v) is 6.28. The Balaban J connectivity index is 0.000000221. The van der Waals surface area contributed by atoms with Gasteiger partial charge in [0.25, 0.3) is 6.43 Å². The van der Waals surface area contributed by atoms with E-state index >= 15 is 0 Å². The summed E-state index contributed by atoms with van der Waals surface area (Å²) in [6.07, 6.45) is 6.29. The quantitative estimate of drug-likeness (QED) is 0.416. The van der Waals surface area contributed by atoms with Crippen molar-refractivity contribution in [3.8, 4) is 11.3 Å². The number of nitrogen functional groups attached to an aromatic ring is 1. The molecule has 3 N–H and O–H groups in total. The predicted octanol–water partition coefficient (Wildman–Crippen LogP) is 4.99. The van der Waals surface area contributed by atoms with E-state index in [1.54, 1.807) is 36.0 Å². The maximum absolute atomic E-state index is 12.8. The van der Waals surface area contributed by atoms with Crippen LogP contribution in [0.15, 0.2) is 42.9 Å². The number of pyridine rings is 1. The van der Waals surface area contributed by atoms with Crippen molar-refractivity contribution in [3.05, 3.63) is 48.7 Å². The Morgan fingerprint density at radius 3 is 2.63 bits per heavy atom. The van der Waals surface area contributed by atoms with Gasteiger partial charge in [0.2, 0.25) is 5.95 Å². The number of aromatic nitrogens is 6. The summed E-state index contributed by atoms with van der Waals surface area (Å²) in [5, 5.41) is 7.49. The molecule has 186 valence electrons. The van der Waals surface area contributed by atoms with Crippen LogP contribution >= 0.6 is 0 Å². The van der Waals surface area contributed by atoms with Crippen LogP contribution in [0.3, 0.4) is 0 Å². The van der Waals surface area contributed by atoms with Crippen molar-refractivity contribution in [2.75, 3.05) is 5.73 Å². The molecule has 1 fully saturated rings. The first kappa shape index (κ1) is 24.6. The van der Waals surface area contributed by atoms with E-state index in [4.69, 9.17) is 5.73 Å². The second kappa shape index (κ2) is 10.4. The average Bonchev–Trinajstić information content (AvgIpc) is 3.35. The van der Waals surface area contributed by atoms with Crippen LogP contribution in [0.2, 0.25) is 0 Å². The van der Waals surface area contributed by atoms with Gasteiger partial charge in [-0.3, -0.25) is 0 Å². The van der Waals surface area contributed by atoms with Crippen molar-refractivity contribution in [3.63, 3.8) is 0 Å². The van der Waals surface area contributed by atoms with Gasteiger partial charge in [-0.25, -0.2) is 28.2 Å². The molecule has 0 atom stereocenters. The molecule has 0 unspecified atom stereocenters. The summed E-state index contributed by atoms with van der Waals surface area (Å²) in [4.78, 5) is 12.8. The van der Waals surface area contributed by atoms with Crippen molar-refractivity contribution in [1.82, 2.24) is 34.4 Å². The maximum atomic E-state index is 12.8. The molecule has 5 rings (SSSR count). The first-order valence-corrected chi connectivity index (χ1v) is 11.9. The van der Waals surface area contributed by atoms with E-state index in [2.05, 4.69) is 38.9 Å². The summed E-state index contributed by atoms with van der Waals surface area (Å²) in [6.45, 7) is 9.49. The van der Waals surface area contributed by atoms with Gasteiger partial charge in [0.1, 0.15) is 11.3 Å². The smallest absolute Gasteiger partial charge is 0.256 e. The minimum absolute atomic E-state index is 0.165. The Kier molecular flexibility index (Phi) is 7.28. The number of nitrogens with two attached hydrogens (primary N) is 1. The van der Waals surface area contributed by atoms with Gasteiger partial charge in [0.15, 0.2) is 5.65 Å². The number of hydrogen-bond donors (Lipinski definition) is 2. The minimum Gasteiger partial charge on any atom is -0.386 e. The fraction of sp³-hybridized carbons (Fsp3) is 0.440. The van der Waals surface area contributed by atoms with Gasteiger partial charge >= 0.3 is 0 Å². The van der Waals surface area contributed by atoms with E-state index in [-0.39, 0.29) is 5.95 Å². The third-order valence-electron chi connectivity index (χ3n) is 6.28. The molecule has 10 heteroatoms. The lowest BCUT2D eigenvalue weighted by Crippen LogP contribution is -2.30. The van der Waals surface area contributed by atoms with Gasteiger partial charge in [-0.2, -0.15) is 0 Å². The summed E-state index contributed by atoms with van der Waals surface area (Å²) in [5.41, 5.74) is 9.86. The average molecular weight is 483 g/mol. The first-order valence-electron chi connectivity index (χ1n) is 11.9. The van der Waals surface area contributed by atoms with Gasteiger partial charge < -0.3 is 15.6 Å². The molecule has 0 saturated heterocycles. The number of rotatable bonds is 5. The number of fused-ring (bicyclic) bond motifs is 2. The lowest BCUT2D eigenvalue weighted by Gasteiger charge is -2.27. The van der Waals surface area contributed by atoms with Gasteiger partial charge in [-0.15, -0.1) is 5.10 Å². The Hall–Kier alpha value is -3.56. The lowest BCUT2D eigenvalue weighted by molar-refractivity contribution is 0.127. The SMILES string of the molecule is C=C(C)NC1CCC(C)CC1.Cc1nc2ccc(-c3ccn4nc(N)ncc34)nc2n1CC(F)F. The van der Waals surface area contributed by atoms with Crippen molar-refractivity contribution < 1.29 is 8.78 Å². The van der Waals surface area contributed by atoms with Crippen LogP contribution in [0.1, 0.15) is 45.4 Å². The number of halogens is 2. The van der Waals surface area contributed by atoms with Crippen LogP contribution < -0.4 is 11.1 Å². The molecule has 0 amide bonds. The van der Waals surface area contributed by atoms with E-state index in [1.807, 2.05) is 13.0 Å². The van der Waals surface area contributed by atoms with E-state index < -0.39 is 13.0 Å². The molecular formula is C25H32F2N8. The fourth-order valence-electron chi connectivity index (χ4n) is 4.50. The monoisotopic (exact) mass is 482 g/mol. The number of hydrogen-bond acceptors (Lipinski definition) is 6. The van der Waals surface area contributed by atoms with Crippen LogP contribution in [-0.2, 0) is 6.54 Å². The molecule has 0 aliphatic heterocycles. The van der Waals surface area contributed by atoms with E-state index in [0.29, 0.717) is 28.7 Å². The molecule has 0 radical (unpaired) electrons. The lowest BCUT2D eigenvalue weighted by atomic mass is 9.87. The molecular weight excluding hydrogens is 450 g/mol. The highest BCUT2D eigenvalue weighted by atomic mass is 19.3. The van der Waals surface area contributed by atoms with Crippen molar-refractivity contribution in [2.24, 2.45) is 5.92 Å². The van der Waals surface area contributed by atoms with Crippen molar-refractivity contribution in [2.45, 2.75) is 65.5 Å². The zero-order chi connectivity index (χ0) is 25.1. The molecule has 4 aromatic heterocycles. The molecule has 35 heavy (non-hydrogen) atoms. The molecule has 0 spiro atoms. The van der Waals surface area contributed by atoms with Gasteiger partial charge in [0.05, 0.1) is 24.0 Å². The Morgan fingerprint density at radius 2 is 1.94 bits per heavy atom. The summed E-state index contributed by atoms with van der Waals surface area (Å²) in [6, 6.07) is 6.11. The Labute approximate surface area is 203 Å². The molecule has 1 aliphatic rings. The number of nitrogens with zero attached hydrogens (tertiary/aromatic N) is 6. The van der Waals surface area contributed by atoms with E-state index in [0.717, 1.165) is 22.7 Å². The number of anilines is 1. The highest BCUT2D eigenvalue weighted by Gasteiger charge is 2.17. The third kappa shape index (κ3) is 5.75. The largest absolute Gasteiger partial charge is 0.386 e. The van der Waals surface area contributed by atoms with Crippen molar-refractivity contribution in [1.29, 1.82) is 0 Å². The van der Waals surface area contributed by atoms with Crippen LogP contribution in [0.4, 0.5) is 14.7 Å². The number of aryl methyl sites for hydroxylation is 1. The number of allylic oxidation sites excluding steroid dienone is 1. The molecule has 4 aromatic rings. The van der Waals surface area contributed by atoms with Crippen LogP contribution in [0.5, 0.6) is 0 Å². The highest BCUT2D eigenvalue weighted by molar-refractivity contribution is 5.82. The molecule has 1 aliphatic carbocycles. The Morgan fingerprint density at radius 1 is 1.20 bits per heavy atom. The van der Waals surface area contributed by atoms with Crippen molar-refractivity contribution >= 4 is 22.6 Å². The van der Waals surface area contributed by atoms with Crippen LogP contribution in [0, 0.1) is 12.8 Å². The number of imidazole rings is 1. The van der Waals surface area contributed by atoms with Crippen LogP contribution in [-0.4, -0.2) is 41.6 Å². The second-order valence-electron chi connectivity index (χ2n) is 9.26. The summed E-state index contributed by atoms with van der Waals surface area (Å²) >= 11 is 0. The molecule has 0 aromatic carbocycles. The normalized spacial score (nSPS) is 18.0. The zero-order valence-corrected chi connectivity index (χ0v) is 20.4. The second-order valence-corrected chi connectivity index (χ2v) is 9.26. The summed E-state index contributed by atoms with van der Waals surface area (Å²) < 4.78 is 28.7.